The first-order valence-electron chi connectivity index (χ1n) is 7.27. The fourth-order valence-corrected chi connectivity index (χ4v) is 2.29. The maximum atomic E-state index is 11.8. The standard InChI is InChI=1S/C16H23N3O/c1-12(2)9-10-17-16(20)8-7-14-13(3)18-15-6-4-5-11-19(14)15/h4-6,11-12H,7-10H2,1-3H3,(H,17,20). The van der Waals surface area contributed by atoms with Gasteiger partial charge in [-0.2, -0.15) is 0 Å². The zero-order valence-electron chi connectivity index (χ0n) is 12.5. The van der Waals surface area contributed by atoms with Crippen molar-refractivity contribution in [3.8, 4) is 0 Å². The second-order valence-electron chi connectivity index (χ2n) is 5.61. The average molecular weight is 273 g/mol. The number of nitrogens with one attached hydrogen (secondary N) is 1. The van der Waals surface area contributed by atoms with Crippen molar-refractivity contribution in [2.45, 2.75) is 40.0 Å². The van der Waals surface area contributed by atoms with E-state index in [-0.39, 0.29) is 5.91 Å². The highest BCUT2D eigenvalue weighted by Crippen LogP contribution is 2.13. The van der Waals surface area contributed by atoms with Gasteiger partial charge in [-0.3, -0.25) is 4.79 Å². The minimum Gasteiger partial charge on any atom is -0.356 e. The number of carbonyl (C=O) groups is 1. The van der Waals surface area contributed by atoms with Crippen LogP contribution in [0.3, 0.4) is 0 Å². The lowest BCUT2D eigenvalue weighted by molar-refractivity contribution is -0.121. The lowest BCUT2D eigenvalue weighted by atomic mass is 10.1. The van der Waals surface area contributed by atoms with E-state index in [4.69, 9.17) is 0 Å². The minimum atomic E-state index is 0.121. The van der Waals surface area contributed by atoms with Gasteiger partial charge in [-0.05, 0) is 37.8 Å². The van der Waals surface area contributed by atoms with E-state index in [1.807, 2.05) is 31.3 Å². The van der Waals surface area contributed by atoms with Gasteiger partial charge in [0, 0.05) is 24.9 Å². The number of fused-ring (bicyclic) bond motifs is 1. The molecule has 0 fully saturated rings. The third-order valence-electron chi connectivity index (χ3n) is 3.46. The van der Waals surface area contributed by atoms with E-state index < -0.39 is 0 Å². The molecule has 1 amide bonds. The number of aryl methyl sites for hydroxylation is 2. The number of hydrogen-bond donors (Lipinski definition) is 1. The van der Waals surface area contributed by atoms with Crippen molar-refractivity contribution >= 4 is 11.6 Å². The minimum absolute atomic E-state index is 0.121. The smallest absolute Gasteiger partial charge is 0.220 e. The number of nitrogens with zero attached hydrogens (tertiary/aromatic N) is 2. The Morgan fingerprint density at radius 1 is 1.40 bits per heavy atom. The van der Waals surface area contributed by atoms with Gasteiger partial charge in [0.2, 0.25) is 5.91 Å². The maximum Gasteiger partial charge on any atom is 0.220 e. The second-order valence-corrected chi connectivity index (χ2v) is 5.61. The van der Waals surface area contributed by atoms with E-state index in [1.54, 1.807) is 0 Å². The number of pyridine rings is 1. The summed E-state index contributed by atoms with van der Waals surface area (Å²) in [6.07, 6.45) is 4.27. The lowest BCUT2D eigenvalue weighted by Gasteiger charge is -2.07. The first kappa shape index (κ1) is 14.6. The van der Waals surface area contributed by atoms with Crippen LogP contribution in [0.15, 0.2) is 24.4 Å². The molecule has 4 heteroatoms. The Morgan fingerprint density at radius 3 is 2.95 bits per heavy atom. The summed E-state index contributed by atoms with van der Waals surface area (Å²) in [5.41, 5.74) is 3.08. The van der Waals surface area contributed by atoms with E-state index in [9.17, 15) is 4.79 Å². The van der Waals surface area contributed by atoms with E-state index >= 15 is 0 Å². The van der Waals surface area contributed by atoms with Gasteiger partial charge in [-0.25, -0.2) is 4.98 Å². The molecule has 0 saturated heterocycles. The molecular formula is C16H23N3O. The van der Waals surface area contributed by atoms with Crippen LogP contribution in [0.5, 0.6) is 0 Å². The van der Waals surface area contributed by atoms with Crippen molar-refractivity contribution in [3.63, 3.8) is 0 Å². The van der Waals surface area contributed by atoms with Crippen molar-refractivity contribution in [1.29, 1.82) is 0 Å². The van der Waals surface area contributed by atoms with Crippen LogP contribution in [0.25, 0.3) is 5.65 Å². The molecule has 0 radical (unpaired) electrons. The summed E-state index contributed by atoms with van der Waals surface area (Å²) in [6, 6.07) is 5.95. The topological polar surface area (TPSA) is 46.4 Å². The predicted octanol–water partition coefficient (Wildman–Crippen LogP) is 2.74. The molecule has 2 rings (SSSR count). The number of aromatic nitrogens is 2. The third-order valence-corrected chi connectivity index (χ3v) is 3.46. The summed E-state index contributed by atoms with van der Waals surface area (Å²) >= 11 is 0. The van der Waals surface area contributed by atoms with Gasteiger partial charge in [-0.1, -0.05) is 19.9 Å². The summed E-state index contributed by atoms with van der Waals surface area (Å²) in [5, 5.41) is 2.98. The van der Waals surface area contributed by atoms with Crippen molar-refractivity contribution in [1.82, 2.24) is 14.7 Å². The molecule has 1 N–H and O–H groups in total. The third kappa shape index (κ3) is 3.59. The molecule has 2 heterocycles. The molecule has 0 unspecified atom stereocenters. The number of amides is 1. The highest BCUT2D eigenvalue weighted by molar-refractivity contribution is 5.76. The molecule has 0 aromatic carbocycles. The second kappa shape index (κ2) is 6.55. The molecule has 20 heavy (non-hydrogen) atoms. The van der Waals surface area contributed by atoms with Gasteiger partial charge >= 0.3 is 0 Å². The normalized spacial score (nSPS) is 11.2. The first-order valence-corrected chi connectivity index (χ1v) is 7.27. The molecule has 2 aromatic heterocycles. The van der Waals surface area contributed by atoms with Crippen molar-refractivity contribution < 1.29 is 4.79 Å². The Morgan fingerprint density at radius 2 is 2.20 bits per heavy atom. The van der Waals surface area contributed by atoms with Crippen LogP contribution in [-0.2, 0) is 11.2 Å². The molecule has 4 nitrogen and oxygen atoms in total. The van der Waals surface area contributed by atoms with E-state index in [1.165, 1.54) is 0 Å². The van der Waals surface area contributed by atoms with Crippen LogP contribution in [0.1, 0.15) is 38.1 Å². The molecular weight excluding hydrogens is 250 g/mol. The molecule has 0 atom stereocenters. The van der Waals surface area contributed by atoms with Gasteiger partial charge in [0.05, 0.1) is 5.69 Å². The van der Waals surface area contributed by atoms with E-state index in [0.717, 1.165) is 36.4 Å². The number of rotatable bonds is 6. The molecule has 0 bridgehead atoms. The zero-order chi connectivity index (χ0) is 14.5. The van der Waals surface area contributed by atoms with Crippen molar-refractivity contribution in [2.75, 3.05) is 6.54 Å². The lowest BCUT2D eigenvalue weighted by Crippen LogP contribution is -2.25. The van der Waals surface area contributed by atoms with Gasteiger partial charge in [-0.15, -0.1) is 0 Å². The summed E-state index contributed by atoms with van der Waals surface area (Å²) in [4.78, 5) is 16.3. The Labute approximate surface area is 120 Å². The molecule has 0 spiro atoms. The first-order chi connectivity index (χ1) is 9.58. The van der Waals surface area contributed by atoms with E-state index in [2.05, 4.69) is 28.5 Å². The van der Waals surface area contributed by atoms with E-state index in [0.29, 0.717) is 12.3 Å². The molecule has 108 valence electrons. The highest BCUT2D eigenvalue weighted by atomic mass is 16.1. The van der Waals surface area contributed by atoms with Crippen LogP contribution in [0, 0.1) is 12.8 Å². The van der Waals surface area contributed by atoms with Crippen molar-refractivity contribution in [2.24, 2.45) is 5.92 Å². The Bertz CT molecular complexity index is 586. The molecule has 0 aliphatic rings. The molecule has 0 aliphatic heterocycles. The van der Waals surface area contributed by atoms with Gasteiger partial charge in [0.25, 0.3) is 0 Å². The fourth-order valence-electron chi connectivity index (χ4n) is 2.29. The fraction of sp³-hybridized carbons (Fsp3) is 0.500. The van der Waals surface area contributed by atoms with Crippen molar-refractivity contribution in [3.05, 3.63) is 35.8 Å². The average Bonchev–Trinajstić information content (AvgIpc) is 2.71. The van der Waals surface area contributed by atoms with Gasteiger partial charge in [0.15, 0.2) is 0 Å². The monoisotopic (exact) mass is 273 g/mol. The number of carbonyl (C=O) groups excluding carboxylic acids is 1. The number of imidazole rings is 1. The van der Waals surface area contributed by atoms with Crippen LogP contribution in [-0.4, -0.2) is 21.8 Å². The Kier molecular flexibility index (Phi) is 4.77. The van der Waals surface area contributed by atoms with Gasteiger partial charge in [0.1, 0.15) is 5.65 Å². The van der Waals surface area contributed by atoms with Crippen LogP contribution in [0.4, 0.5) is 0 Å². The predicted molar refractivity (Wildman–Crippen MR) is 80.7 cm³/mol. The summed E-state index contributed by atoms with van der Waals surface area (Å²) in [5.74, 6) is 0.743. The van der Waals surface area contributed by atoms with Crippen LogP contribution >= 0.6 is 0 Å². The highest BCUT2D eigenvalue weighted by Gasteiger charge is 2.10. The van der Waals surface area contributed by atoms with Crippen LogP contribution in [0.2, 0.25) is 0 Å². The number of hydrogen-bond acceptors (Lipinski definition) is 2. The Hall–Kier alpha value is -1.84. The SMILES string of the molecule is Cc1nc2ccccn2c1CCC(=O)NCCC(C)C. The molecule has 0 saturated carbocycles. The zero-order valence-corrected chi connectivity index (χ0v) is 12.5. The van der Waals surface area contributed by atoms with Crippen LogP contribution < -0.4 is 5.32 Å². The molecule has 2 aromatic rings. The summed E-state index contributed by atoms with van der Waals surface area (Å²) < 4.78 is 2.07. The molecule has 0 aliphatic carbocycles. The maximum absolute atomic E-state index is 11.8. The Balaban J connectivity index is 1.92. The summed E-state index contributed by atoms with van der Waals surface area (Å²) in [6.45, 7) is 7.09. The quantitative estimate of drug-likeness (QED) is 0.879. The summed E-state index contributed by atoms with van der Waals surface area (Å²) in [7, 11) is 0. The largest absolute Gasteiger partial charge is 0.356 e. The van der Waals surface area contributed by atoms with Gasteiger partial charge < -0.3 is 9.72 Å².